The zero-order valence-electron chi connectivity index (χ0n) is 5.82. The van der Waals surface area contributed by atoms with Crippen LogP contribution in [0.4, 0.5) is 17.6 Å². The van der Waals surface area contributed by atoms with Crippen LogP contribution < -0.4 is 5.30 Å². The molecule has 1 atom stereocenters. The lowest BCUT2D eigenvalue weighted by Gasteiger charge is -2.01. The molecular formula is C7H5F4P. The molecule has 0 N–H and O–H groups in total. The van der Waals surface area contributed by atoms with Gasteiger partial charge in [0, 0.05) is 5.30 Å². The molecule has 0 aliphatic rings. The minimum absolute atomic E-state index is 0.259. The van der Waals surface area contributed by atoms with Gasteiger partial charge in [-0.15, -0.1) is 0 Å². The van der Waals surface area contributed by atoms with Gasteiger partial charge in [0.05, 0.1) is 0 Å². The average molecular weight is 196 g/mol. The third-order valence-electron chi connectivity index (χ3n) is 1.22. The Kier molecular flexibility index (Phi) is 3.04. The molecule has 1 aromatic carbocycles. The van der Waals surface area contributed by atoms with Gasteiger partial charge in [0.1, 0.15) is 0 Å². The maximum Gasteiger partial charge on any atom is 0.256 e. The van der Waals surface area contributed by atoms with Crippen LogP contribution in [0.5, 0.6) is 0 Å². The van der Waals surface area contributed by atoms with Crippen molar-refractivity contribution in [2.75, 3.05) is 0 Å². The van der Waals surface area contributed by atoms with E-state index in [1.165, 1.54) is 6.07 Å². The molecule has 0 saturated carbocycles. The first-order chi connectivity index (χ1) is 5.61. The molecule has 1 unspecified atom stereocenters. The van der Waals surface area contributed by atoms with Crippen molar-refractivity contribution in [3.05, 3.63) is 29.8 Å². The van der Waals surface area contributed by atoms with Gasteiger partial charge in [-0.3, -0.25) is 0 Å². The van der Waals surface area contributed by atoms with Crippen molar-refractivity contribution >= 4 is 13.9 Å². The van der Waals surface area contributed by atoms with Crippen molar-refractivity contribution in [2.24, 2.45) is 0 Å². The van der Waals surface area contributed by atoms with Crippen LogP contribution in [0.2, 0.25) is 0 Å². The van der Waals surface area contributed by atoms with Gasteiger partial charge in [0.15, 0.2) is 11.6 Å². The van der Waals surface area contributed by atoms with Crippen LogP contribution in [-0.2, 0) is 0 Å². The highest BCUT2D eigenvalue weighted by atomic mass is 31.1. The van der Waals surface area contributed by atoms with Gasteiger partial charge in [0.2, 0.25) is 0 Å². The van der Waals surface area contributed by atoms with Crippen molar-refractivity contribution in [3.8, 4) is 0 Å². The first-order valence-electron chi connectivity index (χ1n) is 3.10. The molecule has 0 aromatic heterocycles. The molecule has 0 spiro atoms. The molecule has 0 aliphatic carbocycles. The lowest BCUT2D eigenvalue weighted by atomic mass is 10.3. The van der Waals surface area contributed by atoms with E-state index in [4.69, 9.17) is 0 Å². The standard InChI is InChI=1S/C7H5F4P/c8-4-2-1-3-5(6(4)9)12-7(10)11/h1-3,7,12H. The van der Waals surface area contributed by atoms with Gasteiger partial charge >= 0.3 is 0 Å². The molecule has 0 heterocycles. The van der Waals surface area contributed by atoms with Gasteiger partial charge in [-0.05, 0) is 14.6 Å². The fourth-order valence-electron chi connectivity index (χ4n) is 0.733. The Morgan fingerprint density at radius 1 is 1.17 bits per heavy atom. The Labute approximate surface area is 68.4 Å². The fraction of sp³-hybridized carbons (Fsp3) is 0.143. The second-order valence-corrected chi connectivity index (χ2v) is 3.31. The van der Waals surface area contributed by atoms with Crippen molar-refractivity contribution in [1.82, 2.24) is 0 Å². The molecule has 0 radical (unpaired) electrons. The number of halogens is 4. The predicted octanol–water partition coefficient (Wildman–Crippen LogP) is 2.49. The number of alkyl halides is 2. The van der Waals surface area contributed by atoms with E-state index in [1.54, 1.807) is 0 Å². The van der Waals surface area contributed by atoms with E-state index in [0.717, 1.165) is 12.1 Å². The summed E-state index contributed by atoms with van der Waals surface area (Å²) in [6.45, 7) is 0. The van der Waals surface area contributed by atoms with E-state index in [-0.39, 0.29) is 5.30 Å². The SMILES string of the molecule is Fc1cccc(PC(F)F)c1F. The van der Waals surface area contributed by atoms with E-state index >= 15 is 0 Å². The molecule has 0 fully saturated rings. The fourth-order valence-corrected chi connectivity index (χ4v) is 1.41. The van der Waals surface area contributed by atoms with E-state index in [1.807, 2.05) is 0 Å². The lowest BCUT2D eigenvalue weighted by molar-refractivity contribution is 0.249. The van der Waals surface area contributed by atoms with Crippen molar-refractivity contribution < 1.29 is 17.6 Å². The summed E-state index contributed by atoms with van der Waals surface area (Å²) in [5.41, 5.74) is 0. The Bertz CT molecular complexity index is 274. The Hall–Kier alpha value is -0.630. The molecular weight excluding hydrogens is 191 g/mol. The second kappa shape index (κ2) is 3.85. The molecule has 5 heteroatoms. The predicted molar refractivity (Wildman–Crippen MR) is 40.3 cm³/mol. The summed E-state index contributed by atoms with van der Waals surface area (Å²) in [6.07, 6.45) is -2.62. The monoisotopic (exact) mass is 196 g/mol. The minimum atomic E-state index is -2.62. The summed E-state index contributed by atoms with van der Waals surface area (Å²) >= 11 is 0. The van der Waals surface area contributed by atoms with Crippen LogP contribution in [0.1, 0.15) is 0 Å². The van der Waals surface area contributed by atoms with Crippen LogP contribution in [0.25, 0.3) is 0 Å². The molecule has 1 rings (SSSR count). The highest BCUT2D eigenvalue weighted by Crippen LogP contribution is 2.22. The molecule has 66 valence electrons. The summed E-state index contributed by atoms with van der Waals surface area (Å²) in [6, 6.07) is 3.26. The van der Waals surface area contributed by atoms with E-state index in [9.17, 15) is 17.6 Å². The zero-order valence-corrected chi connectivity index (χ0v) is 6.82. The Balaban J connectivity index is 2.92. The molecule has 0 bridgehead atoms. The number of hydrogen-bond acceptors (Lipinski definition) is 0. The summed E-state index contributed by atoms with van der Waals surface area (Å²) in [7, 11) is -0.992. The number of rotatable bonds is 2. The van der Waals surface area contributed by atoms with Crippen LogP contribution in [-0.4, -0.2) is 6.17 Å². The van der Waals surface area contributed by atoms with E-state index in [0.29, 0.717) is 0 Å². The minimum Gasteiger partial charge on any atom is -0.205 e. The lowest BCUT2D eigenvalue weighted by Crippen LogP contribution is -2.05. The van der Waals surface area contributed by atoms with Crippen LogP contribution in [0, 0.1) is 11.6 Å². The van der Waals surface area contributed by atoms with E-state index < -0.39 is 26.4 Å². The van der Waals surface area contributed by atoms with Crippen LogP contribution >= 0.6 is 8.58 Å². The van der Waals surface area contributed by atoms with Crippen molar-refractivity contribution in [2.45, 2.75) is 6.17 Å². The highest BCUT2D eigenvalue weighted by molar-refractivity contribution is 7.47. The van der Waals surface area contributed by atoms with Gasteiger partial charge in [-0.1, -0.05) is 12.1 Å². The molecule has 1 aromatic rings. The van der Waals surface area contributed by atoms with E-state index in [2.05, 4.69) is 0 Å². The highest BCUT2D eigenvalue weighted by Gasteiger charge is 2.11. The zero-order chi connectivity index (χ0) is 9.14. The first kappa shape index (κ1) is 9.46. The smallest absolute Gasteiger partial charge is 0.205 e. The van der Waals surface area contributed by atoms with Gasteiger partial charge in [0.25, 0.3) is 6.17 Å². The summed E-state index contributed by atoms with van der Waals surface area (Å²) in [4.78, 5) is 0. The maximum atomic E-state index is 12.7. The summed E-state index contributed by atoms with van der Waals surface area (Å²) in [5, 5.41) is -0.259. The topological polar surface area (TPSA) is 0 Å². The Morgan fingerprint density at radius 3 is 2.42 bits per heavy atom. The maximum absolute atomic E-state index is 12.7. The van der Waals surface area contributed by atoms with Crippen molar-refractivity contribution in [3.63, 3.8) is 0 Å². The molecule has 0 amide bonds. The molecule has 0 saturated heterocycles. The quantitative estimate of drug-likeness (QED) is 0.503. The molecule has 0 aliphatic heterocycles. The first-order valence-corrected chi connectivity index (χ1v) is 4.17. The average Bonchev–Trinajstić information content (AvgIpc) is 1.98. The van der Waals surface area contributed by atoms with Gasteiger partial charge in [-0.2, -0.15) is 0 Å². The number of benzene rings is 1. The van der Waals surface area contributed by atoms with Crippen LogP contribution in [0.3, 0.4) is 0 Å². The van der Waals surface area contributed by atoms with Gasteiger partial charge in [-0.25, -0.2) is 17.6 Å². The van der Waals surface area contributed by atoms with Gasteiger partial charge < -0.3 is 0 Å². The molecule has 12 heavy (non-hydrogen) atoms. The number of hydrogen-bond donors (Lipinski definition) is 0. The third kappa shape index (κ3) is 2.18. The molecule has 0 nitrogen and oxygen atoms in total. The third-order valence-corrected chi connectivity index (χ3v) is 2.13. The largest absolute Gasteiger partial charge is 0.256 e. The second-order valence-electron chi connectivity index (χ2n) is 2.05. The normalized spacial score (nSPS) is 11.8. The van der Waals surface area contributed by atoms with Crippen molar-refractivity contribution in [1.29, 1.82) is 0 Å². The van der Waals surface area contributed by atoms with Crippen LogP contribution in [0.15, 0.2) is 18.2 Å². The Morgan fingerprint density at radius 2 is 1.83 bits per heavy atom. The summed E-state index contributed by atoms with van der Waals surface area (Å²) < 4.78 is 48.6. The summed E-state index contributed by atoms with van der Waals surface area (Å²) in [5.74, 6) is -2.25.